The van der Waals surface area contributed by atoms with Crippen molar-refractivity contribution in [2.45, 2.75) is 30.6 Å². The maximum Gasteiger partial charge on any atom is 0.253 e. The summed E-state index contributed by atoms with van der Waals surface area (Å²) in [6, 6.07) is 22.9. The number of nitrogens with zero attached hydrogens (tertiary/aromatic N) is 1. The molecule has 3 aromatic rings. The van der Waals surface area contributed by atoms with Gasteiger partial charge >= 0.3 is 0 Å². The quantitative estimate of drug-likeness (QED) is 0.227. The zero-order valence-corrected chi connectivity index (χ0v) is 19.5. The molecule has 0 bridgehead atoms. The molecule has 3 rings (SSSR count). The highest BCUT2D eigenvalue weighted by Gasteiger charge is 2.13. The Hall–Kier alpha value is -2.96. The summed E-state index contributed by atoms with van der Waals surface area (Å²) in [5, 5.41) is 4.45. The van der Waals surface area contributed by atoms with Gasteiger partial charge in [-0.15, -0.1) is 11.8 Å². The molecule has 0 aliphatic carbocycles. The number of amides is 1. The Morgan fingerprint density at radius 2 is 1.81 bits per heavy atom. The van der Waals surface area contributed by atoms with Crippen molar-refractivity contribution < 1.29 is 14.3 Å². The van der Waals surface area contributed by atoms with E-state index >= 15 is 0 Å². The van der Waals surface area contributed by atoms with E-state index in [1.807, 2.05) is 74.5 Å². The summed E-state index contributed by atoms with van der Waals surface area (Å²) >= 11 is 7.34. The maximum absolute atomic E-state index is 12.3. The van der Waals surface area contributed by atoms with Crippen LogP contribution in [-0.4, -0.2) is 24.0 Å². The summed E-state index contributed by atoms with van der Waals surface area (Å²) < 4.78 is 11.6. The first-order chi connectivity index (χ1) is 15.5. The number of hydrogen-bond donors (Lipinski definition) is 1. The number of carbonyl (C=O) groups excluding carboxylic acids is 1. The molecule has 0 aliphatic rings. The summed E-state index contributed by atoms with van der Waals surface area (Å²) in [7, 11) is 0. The van der Waals surface area contributed by atoms with Crippen LogP contribution in [-0.2, 0) is 11.4 Å². The van der Waals surface area contributed by atoms with Crippen molar-refractivity contribution in [2.24, 2.45) is 5.10 Å². The summed E-state index contributed by atoms with van der Waals surface area (Å²) in [5.74, 6) is 1.10. The van der Waals surface area contributed by atoms with Crippen molar-refractivity contribution in [2.75, 3.05) is 6.61 Å². The van der Waals surface area contributed by atoms with E-state index in [0.29, 0.717) is 29.7 Å². The Morgan fingerprint density at radius 3 is 2.53 bits per heavy atom. The van der Waals surface area contributed by atoms with Crippen molar-refractivity contribution in [3.05, 3.63) is 88.9 Å². The minimum atomic E-state index is -0.305. The third-order valence-electron chi connectivity index (χ3n) is 4.39. The zero-order valence-electron chi connectivity index (χ0n) is 18.0. The third-order valence-corrected chi connectivity index (χ3v) is 5.75. The average Bonchev–Trinajstić information content (AvgIpc) is 2.81. The lowest BCUT2D eigenvalue weighted by molar-refractivity contribution is -0.120. The Balaban J connectivity index is 1.57. The third kappa shape index (κ3) is 7.32. The van der Waals surface area contributed by atoms with Gasteiger partial charge in [-0.3, -0.25) is 4.79 Å². The monoisotopic (exact) mass is 468 g/mol. The van der Waals surface area contributed by atoms with E-state index in [9.17, 15) is 4.79 Å². The molecule has 0 unspecified atom stereocenters. The second kappa shape index (κ2) is 12.2. The van der Waals surface area contributed by atoms with E-state index in [1.165, 1.54) is 11.8 Å². The predicted octanol–water partition coefficient (Wildman–Crippen LogP) is 5.95. The Kier molecular flexibility index (Phi) is 9.01. The van der Waals surface area contributed by atoms with E-state index in [-0.39, 0.29) is 11.2 Å². The van der Waals surface area contributed by atoms with E-state index in [0.717, 1.165) is 16.0 Å². The molecule has 1 atom stereocenters. The predicted molar refractivity (Wildman–Crippen MR) is 131 cm³/mol. The number of hydrogen-bond acceptors (Lipinski definition) is 5. The molecule has 0 fully saturated rings. The molecule has 32 heavy (non-hydrogen) atoms. The lowest BCUT2D eigenvalue weighted by Gasteiger charge is -2.13. The van der Waals surface area contributed by atoms with E-state index < -0.39 is 0 Å². The second-order valence-electron chi connectivity index (χ2n) is 6.86. The van der Waals surface area contributed by atoms with Gasteiger partial charge in [0, 0.05) is 9.92 Å². The number of carbonyl (C=O) groups is 1. The van der Waals surface area contributed by atoms with Gasteiger partial charge in [-0.25, -0.2) is 5.43 Å². The molecule has 0 saturated heterocycles. The van der Waals surface area contributed by atoms with Crippen LogP contribution >= 0.6 is 23.4 Å². The second-order valence-corrected chi connectivity index (χ2v) is 8.71. The standard InChI is InChI=1S/C25H25ClN2O3S/c1-3-30-24-15-20(9-14-23(24)31-17-19-7-5-4-6-8-19)16-27-28-25(29)18(2)32-22-12-10-21(26)11-13-22/h4-16,18H,3,17H2,1-2H3,(H,28,29)/b27-16-/t18-/m0/s1. The first-order valence-electron chi connectivity index (χ1n) is 10.2. The molecular weight excluding hydrogens is 444 g/mol. The van der Waals surface area contributed by atoms with Gasteiger partial charge in [0.25, 0.3) is 5.91 Å². The van der Waals surface area contributed by atoms with Gasteiger partial charge in [0.2, 0.25) is 0 Å². The molecular formula is C25H25ClN2O3S. The smallest absolute Gasteiger partial charge is 0.253 e. The number of nitrogens with one attached hydrogen (secondary N) is 1. The van der Waals surface area contributed by atoms with Crippen molar-refractivity contribution in [1.82, 2.24) is 5.43 Å². The van der Waals surface area contributed by atoms with Gasteiger partial charge in [0.15, 0.2) is 11.5 Å². The van der Waals surface area contributed by atoms with Gasteiger partial charge in [-0.1, -0.05) is 41.9 Å². The number of hydrazone groups is 1. The van der Waals surface area contributed by atoms with E-state index in [4.69, 9.17) is 21.1 Å². The molecule has 0 radical (unpaired) electrons. The minimum absolute atomic E-state index is 0.186. The van der Waals surface area contributed by atoms with Gasteiger partial charge < -0.3 is 9.47 Å². The number of benzene rings is 3. The summed E-state index contributed by atoms with van der Waals surface area (Å²) in [4.78, 5) is 13.3. The molecule has 0 spiro atoms. The van der Waals surface area contributed by atoms with Crippen LogP contribution in [0.5, 0.6) is 11.5 Å². The summed E-state index contributed by atoms with van der Waals surface area (Å²) in [6.07, 6.45) is 1.58. The van der Waals surface area contributed by atoms with Crippen molar-refractivity contribution in [3.8, 4) is 11.5 Å². The van der Waals surface area contributed by atoms with Crippen molar-refractivity contribution >= 4 is 35.5 Å². The molecule has 0 aliphatic heterocycles. The number of ether oxygens (including phenoxy) is 2. The SMILES string of the molecule is CCOc1cc(/C=N\NC(=O)[C@H](C)Sc2ccc(Cl)cc2)ccc1OCc1ccccc1. The van der Waals surface area contributed by atoms with Gasteiger partial charge in [-0.2, -0.15) is 5.10 Å². The Labute approximate surface area is 197 Å². The minimum Gasteiger partial charge on any atom is -0.490 e. The first-order valence-corrected chi connectivity index (χ1v) is 11.5. The molecule has 166 valence electrons. The van der Waals surface area contributed by atoms with Crippen LogP contribution < -0.4 is 14.9 Å². The highest BCUT2D eigenvalue weighted by molar-refractivity contribution is 8.00. The van der Waals surface area contributed by atoms with Crippen LogP contribution in [0.1, 0.15) is 25.0 Å². The van der Waals surface area contributed by atoms with E-state index in [1.54, 1.807) is 18.3 Å². The molecule has 7 heteroatoms. The van der Waals surface area contributed by atoms with Crippen LogP contribution in [0.4, 0.5) is 0 Å². The lowest BCUT2D eigenvalue weighted by atomic mass is 10.2. The van der Waals surface area contributed by atoms with Crippen LogP contribution in [0.3, 0.4) is 0 Å². The average molecular weight is 469 g/mol. The molecule has 3 aromatic carbocycles. The zero-order chi connectivity index (χ0) is 22.8. The normalized spacial score (nSPS) is 11.8. The van der Waals surface area contributed by atoms with Crippen molar-refractivity contribution in [3.63, 3.8) is 0 Å². The summed E-state index contributed by atoms with van der Waals surface area (Å²) in [5.41, 5.74) is 4.46. The highest BCUT2D eigenvalue weighted by Crippen LogP contribution is 2.29. The highest BCUT2D eigenvalue weighted by atomic mass is 35.5. The Morgan fingerprint density at radius 1 is 1.06 bits per heavy atom. The van der Waals surface area contributed by atoms with Gasteiger partial charge in [-0.05, 0) is 67.4 Å². The fourth-order valence-electron chi connectivity index (χ4n) is 2.76. The van der Waals surface area contributed by atoms with Crippen molar-refractivity contribution in [1.29, 1.82) is 0 Å². The first kappa shape index (κ1) is 23.7. The number of rotatable bonds is 10. The largest absolute Gasteiger partial charge is 0.490 e. The summed E-state index contributed by atoms with van der Waals surface area (Å²) in [6.45, 7) is 4.71. The van der Waals surface area contributed by atoms with Crippen LogP contribution in [0.2, 0.25) is 5.02 Å². The molecule has 1 amide bonds. The number of halogens is 1. The van der Waals surface area contributed by atoms with E-state index in [2.05, 4.69) is 10.5 Å². The lowest BCUT2D eigenvalue weighted by Crippen LogP contribution is -2.26. The van der Waals surface area contributed by atoms with Crippen LogP contribution in [0, 0.1) is 0 Å². The van der Waals surface area contributed by atoms with Gasteiger partial charge in [0.1, 0.15) is 6.61 Å². The molecule has 0 aromatic heterocycles. The number of thioether (sulfide) groups is 1. The fraction of sp³-hybridized carbons (Fsp3) is 0.200. The van der Waals surface area contributed by atoms with Crippen LogP contribution in [0.25, 0.3) is 0 Å². The van der Waals surface area contributed by atoms with Crippen LogP contribution in [0.15, 0.2) is 82.8 Å². The molecule has 0 heterocycles. The maximum atomic E-state index is 12.3. The molecule has 0 saturated carbocycles. The van der Waals surface area contributed by atoms with Gasteiger partial charge in [0.05, 0.1) is 18.1 Å². The molecule has 5 nitrogen and oxygen atoms in total. The molecule has 1 N–H and O–H groups in total. The Bertz CT molecular complexity index is 1040. The topological polar surface area (TPSA) is 59.9 Å². The fourth-order valence-corrected chi connectivity index (χ4v) is 3.75.